The number of aldehydes is 1. The molecule has 0 amide bonds. The minimum atomic E-state index is -1.21. The van der Waals surface area contributed by atoms with Crippen LogP contribution in [0.5, 0.6) is 0 Å². The largest absolute Gasteiger partial charge is 0.366 e. The van der Waals surface area contributed by atoms with Crippen LogP contribution in [0.25, 0.3) is 0 Å². The second kappa shape index (κ2) is 6.07. The van der Waals surface area contributed by atoms with Gasteiger partial charge in [0.25, 0.3) is 0 Å². The average Bonchev–Trinajstić information content (AvgIpc) is 2.14. The van der Waals surface area contributed by atoms with Crippen LogP contribution in [-0.4, -0.2) is 46.8 Å². The molecule has 72 valence electrons. The SMILES string of the molecule is COC(COCC=O)(OC)OC. The maximum Gasteiger partial charge on any atom is 0.307 e. The van der Waals surface area contributed by atoms with Crippen molar-refractivity contribution in [3.05, 3.63) is 0 Å². The Morgan fingerprint density at radius 3 is 2.00 bits per heavy atom. The summed E-state index contributed by atoms with van der Waals surface area (Å²) in [6, 6.07) is 0. The molecule has 0 aromatic heterocycles. The Bertz CT molecular complexity index is 113. The predicted octanol–water partition coefficient (Wildman–Crippen LogP) is -0.205. The molecule has 0 atom stereocenters. The van der Waals surface area contributed by atoms with Gasteiger partial charge in [0, 0.05) is 21.3 Å². The van der Waals surface area contributed by atoms with Crippen LogP contribution in [0.3, 0.4) is 0 Å². The summed E-state index contributed by atoms with van der Waals surface area (Å²) >= 11 is 0. The van der Waals surface area contributed by atoms with E-state index in [1.165, 1.54) is 21.3 Å². The van der Waals surface area contributed by atoms with Gasteiger partial charge in [-0.1, -0.05) is 0 Å². The average molecular weight is 178 g/mol. The second-order valence-electron chi connectivity index (χ2n) is 1.98. The molecular weight excluding hydrogens is 164 g/mol. The first-order valence-electron chi connectivity index (χ1n) is 3.41. The molecule has 0 aliphatic heterocycles. The van der Waals surface area contributed by atoms with Gasteiger partial charge < -0.3 is 23.7 Å². The van der Waals surface area contributed by atoms with Crippen molar-refractivity contribution in [2.45, 2.75) is 5.97 Å². The molecule has 0 rings (SSSR count). The molecule has 5 nitrogen and oxygen atoms in total. The van der Waals surface area contributed by atoms with E-state index in [1.54, 1.807) is 0 Å². The topological polar surface area (TPSA) is 54.0 Å². The van der Waals surface area contributed by atoms with Crippen molar-refractivity contribution < 1.29 is 23.7 Å². The van der Waals surface area contributed by atoms with Gasteiger partial charge in [0.05, 0.1) is 0 Å². The minimum absolute atomic E-state index is 0.00215. The van der Waals surface area contributed by atoms with E-state index in [2.05, 4.69) is 0 Å². The highest BCUT2D eigenvalue weighted by Crippen LogP contribution is 2.11. The zero-order valence-corrected chi connectivity index (χ0v) is 7.53. The molecule has 0 saturated heterocycles. The summed E-state index contributed by atoms with van der Waals surface area (Å²) in [5, 5.41) is 0. The smallest absolute Gasteiger partial charge is 0.307 e. The van der Waals surface area contributed by atoms with E-state index in [-0.39, 0.29) is 13.2 Å². The predicted molar refractivity (Wildman–Crippen MR) is 40.6 cm³/mol. The molecule has 0 spiro atoms. The molecule has 0 heterocycles. The molecule has 0 aliphatic carbocycles. The van der Waals surface area contributed by atoms with Gasteiger partial charge in [0.15, 0.2) is 0 Å². The lowest BCUT2D eigenvalue weighted by molar-refractivity contribution is -0.367. The van der Waals surface area contributed by atoms with Crippen LogP contribution in [-0.2, 0) is 23.7 Å². The minimum Gasteiger partial charge on any atom is -0.366 e. The molecule has 0 N–H and O–H groups in total. The Labute approximate surface area is 71.5 Å². The van der Waals surface area contributed by atoms with Gasteiger partial charge in [-0.05, 0) is 0 Å². The summed E-state index contributed by atoms with van der Waals surface area (Å²) in [4.78, 5) is 9.91. The molecule has 5 heteroatoms. The molecule has 0 fully saturated rings. The van der Waals surface area contributed by atoms with Gasteiger partial charge in [-0.2, -0.15) is 0 Å². The summed E-state index contributed by atoms with van der Waals surface area (Å²) in [6.45, 7) is 0.0487. The van der Waals surface area contributed by atoms with Crippen molar-refractivity contribution in [2.75, 3.05) is 34.5 Å². The van der Waals surface area contributed by atoms with Crippen molar-refractivity contribution in [1.82, 2.24) is 0 Å². The lowest BCUT2D eigenvalue weighted by atomic mass is 10.6. The molecular formula is C7H14O5. The lowest BCUT2D eigenvalue weighted by Gasteiger charge is -2.27. The van der Waals surface area contributed by atoms with Gasteiger partial charge >= 0.3 is 5.97 Å². The van der Waals surface area contributed by atoms with Crippen LogP contribution in [0.15, 0.2) is 0 Å². The second-order valence-corrected chi connectivity index (χ2v) is 1.98. The van der Waals surface area contributed by atoms with Gasteiger partial charge in [-0.3, -0.25) is 0 Å². The third-order valence-corrected chi connectivity index (χ3v) is 1.40. The number of carbonyl (C=O) groups is 1. The summed E-state index contributed by atoms with van der Waals surface area (Å²) in [5.41, 5.74) is 0. The molecule has 0 aliphatic rings. The summed E-state index contributed by atoms with van der Waals surface area (Å²) in [5.74, 6) is -1.21. The first kappa shape index (κ1) is 11.5. The number of carbonyl (C=O) groups excluding carboxylic acids is 1. The van der Waals surface area contributed by atoms with E-state index >= 15 is 0 Å². The molecule has 0 unspecified atom stereocenters. The Kier molecular flexibility index (Phi) is 5.83. The first-order chi connectivity index (χ1) is 5.74. The number of hydrogen-bond acceptors (Lipinski definition) is 5. The molecule has 0 bridgehead atoms. The van der Waals surface area contributed by atoms with E-state index in [1.807, 2.05) is 0 Å². The van der Waals surface area contributed by atoms with E-state index in [4.69, 9.17) is 18.9 Å². The zero-order valence-electron chi connectivity index (χ0n) is 7.53. The normalized spacial score (nSPS) is 11.6. The van der Waals surface area contributed by atoms with E-state index in [0.717, 1.165) is 0 Å². The number of rotatable bonds is 7. The third-order valence-electron chi connectivity index (χ3n) is 1.40. The first-order valence-corrected chi connectivity index (χ1v) is 3.41. The van der Waals surface area contributed by atoms with Crippen LogP contribution in [0.1, 0.15) is 0 Å². The fourth-order valence-electron chi connectivity index (χ4n) is 0.659. The Balaban J connectivity index is 3.84. The fraction of sp³-hybridized carbons (Fsp3) is 0.857. The molecule has 12 heavy (non-hydrogen) atoms. The number of hydrogen-bond donors (Lipinski definition) is 0. The Morgan fingerprint density at radius 1 is 1.17 bits per heavy atom. The number of methoxy groups -OCH3 is 3. The third kappa shape index (κ3) is 3.27. The summed E-state index contributed by atoms with van der Waals surface area (Å²) < 4.78 is 19.6. The quantitative estimate of drug-likeness (QED) is 0.307. The van der Waals surface area contributed by atoms with Crippen molar-refractivity contribution in [3.63, 3.8) is 0 Å². The van der Waals surface area contributed by atoms with Gasteiger partial charge in [0.2, 0.25) is 0 Å². The fourth-order valence-corrected chi connectivity index (χ4v) is 0.659. The summed E-state index contributed by atoms with van der Waals surface area (Å²) in [6.07, 6.45) is 0.645. The van der Waals surface area contributed by atoms with Crippen molar-refractivity contribution in [3.8, 4) is 0 Å². The van der Waals surface area contributed by atoms with Crippen molar-refractivity contribution >= 4 is 6.29 Å². The number of ether oxygens (including phenoxy) is 4. The van der Waals surface area contributed by atoms with Crippen LogP contribution in [0, 0.1) is 0 Å². The van der Waals surface area contributed by atoms with E-state index in [0.29, 0.717) is 6.29 Å². The molecule has 0 aromatic rings. The van der Waals surface area contributed by atoms with Crippen LogP contribution in [0.2, 0.25) is 0 Å². The van der Waals surface area contributed by atoms with Gasteiger partial charge in [-0.25, -0.2) is 0 Å². The van der Waals surface area contributed by atoms with E-state index in [9.17, 15) is 4.79 Å². The monoisotopic (exact) mass is 178 g/mol. The standard InChI is InChI=1S/C7H14O5/c1-9-7(10-2,11-3)6-12-5-4-8/h4H,5-6H2,1-3H3. The van der Waals surface area contributed by atoms with Crippen molar-refractivity contribution in [2.24, 2.45) is 0 Å². The van der Waals surface area contributed by atoms with Gasteiger partial charge in [0.1, 0.15) is 19.5 Å². The molecule has 0 radical (unpaired) electrons. The van der Waals surface area contributed by atoms with Crippen molar-refractivity contribution in [1.29, 1.82) is 0 Å². The molecule has 0 aromatic carbocycles. The lowest BCUT2D eigenvalue weighted by Crippen LogP contribution is -2.41. The molecule has 0 saturated carbocycles. The van der Waals surface area contributed by atoms with E-state index < -0.39 is 5.97 Å². The maximum atomic E-state index is 9.91. The van der Waals surface area contributed by atoms with Crippen LogP contribution in [0.4, 0.5) is 0 Å². The van der Waals surface area contributed by atoms with Crippen LogP contribution < -0.4 is 0 Å². The highest BCUT2D eigenvalue weighted by molar-refractivity contribution is 5.50. The van der Waals surface area contributed by atoms with Crippen LogP contribution >= 0.6 is 0 Å². The maximum absolute atomic E-state index is 9.91. The highest BCUT2D eigenvalue weighted by Gasteiger charge is 2.29. The highest BCUT2D eigenvalue weighted by atomic mass is 16.9. The Hall–Kier alpha value is -0.490. The Morgan fingerprint density at radius 2 is 1.67 bits per heavy atom. The van der Waals surface area contributed by atoms with Gasteiger partial charge in [-0.15, -0.1) is 0 Å². The zero-order chi connectivity index (χ0) is 9.45. The summed E-state index contributed by atoms with van der Waals surface area (Å²) in [7, 11) is 4.28.